The van der Waals surface area contributed by atoms with Crippen LogP contribution in [0.5, 0.6) is 0 Å². The van der Waals surface area contributed by atoms with E-state index < -0.39 is 6.04 Å². The number of nitrogens with one attached hydrogen (secondary N) is 2. The van der Waals surface area contributed by atoms with Gasteiger partial charge >= 0.3 is 0 Å². The summed E-state index contributed by atoms with van der Waals surface area (Å²) in [5, 5.41) is 6.07. The second-order valence-corrected chi connectivity index (χ2v) is 8.11. The number of anilines is 1. The van der Waals surface area contributed by atoms with Crippen LogP contribution in [-0.4, -0.2) is 17.9 Å². The standard InChI is InChI=1S/C22H34N2O2/c1-6-16(4)20(24-21(25)19-10-8-7-9-17(19)5)22(26)23-18-12-14(2)11-15(3)13-18/h11-13,16-17,19-20H,6-10H2,1-5H3,(H,23,26)(H,24,25)/t16-,17-,19-,20-/m0/s1. The molecule has 144 valence electrons. The number of benzene rings is 1. The van der Waals surface area contributed by atoms with Crippen molar-refractivity contribution in [3.05, 3.63) is 29.3 Å². The predicted molar refractivity (Wildman–Crippen MR) is 107 cm³/mol. The topological polar surface area (TPSA) is 58.2 Å². The van der Waals surface area contributed by atoms with Crippen molar-refractivity contribution in [2.24, 2.45) is 17.8 Å². The molecule has 1 aliphatic carbocycles. The molecule has 0 unspecified atom stereocenters. The number of rotatable bonds is 6. The summed E-state index contributed by atoms with van der Waals surface area (Å²) in [6.45, 7) is 10.3. The van der Waals surface area contributed by atoms with E-state index in [0.717, 1.165) is 42.5 Å². The molecular weight excluding hydrogens is 324 g/mol. The number of carbonyl (C=O) groups excluding carboxylic acids is 2. The molecule has 2 amide bonds. The summed E-state index contributed by atoms with van der Waals surface area (Å²) in [6.07, 6.45) is 5.17. The summed E-state index contributed by atoms with van der Waals surface area (Å²) >= 11 is 0. The zero-order valence-electron chi connectivity index (χ0n) is 16.9. The number of hydrogen-bond donors (Lipinski definition) is 2. The molecule has 4 nitrogen and oxygen atoms in total. The fourth-order valence-electron chi connectivity index (χ4n) is 3.93. The van der Waals surface area contributed by atoms with Gasteiger partial charge in [-0.2, -0.15) is 0 Å². The first-order valence-corrected chi connectivity index (χ1v) is 10.0. The van der Waals surface area contributed by atoms with Gasteiger partial charge in [0.25, 0.3) is 0 Å². The average Bonchev–Trinajstić information content (AvgIpc) is 2.58. The molecule has 0 heterocycles. The van der Waals surface area contributed by atoms with E-state index in [1.807, 2.05) is 32.9 Å². The molecule has 4 heteroatoms. The summed E-state index contributed by atoms with van der Waals surface area (Å²) < 4.78 is 0. The molecule has 1 aliphatic rings. The van der Waals surface area contributed by atoms with Gasteiger partial charge in [-0.3, -0.25) is 9.59 Å². The molecule has 1 aromatic rings. The molecule has 26 heavy (non-hydrogen) atoms. The van der Waals surface area contributed by atoms with E-state index in [1.54, 1.807) is 0 Å². The van der Waals surface area contributed by atoms with E-state index in [0.29, 0.717) is 5.92 Å². The lowest BCUT2D eigenvalue weighted by atomic mass is 9.79. The van der Waals surface area contributed by atoms with Gasteiger partial charge in [0.2, 0.25) is 11.8 Å². The molecule has 4 atom stereocenters. The monoisotopic (exact) mass is 358 g/mol. The Hall–Kier alpha value is -1.84. The van der Waals surface area contributed by atoms with Crippen molar-refractivity contribution in [3.8, 4) is 0 Å². The minimum atomic E-state index is -0.498. The van der Waals surface area contributed by atoms with Crippen molar-refractivity contribution in [2.75, 3.05) is 5.32 Å². The maximum atomic E-state index is 12.9. The van der Waals surface area contributed by atoms with Crippen LogP contribution in [0, 0.1) is 31.6 Å². The van der Waals surface area contributed by atoms with Gasteiger partial charge in [-0.25, -0.2) is 0 Å². The van der Waals surface area contributed by atoms with Crippen molar-refractivity contribution >= 4 is 17.5 Å². The highest BCUT2D eigenvalue weighted by atomic mass is 16.2. The molecule has 0 aliphatic heterocycles. The quantitative estimate of drug-likeness (QED) is 0.781. The Labute approximate surface area is 158 Å². The molecule has 0 radical (unpaired) electrons. The largest absolute Gasteiger partial charge is 0.344 e. The molecule has 0 bridgehead atoms. The Balaban J connectivity index is 2.10. The van der Waals surface area contributed by atoms with Crippen molar-refractivity contribution < 1.29 is 9.59 Å². The van der Waals surface area contributed by atoms with Crippen LogP contribution in [0.2, 0.25) is 0 Å². The van der Waals surface area contributed by atoms with Crippen LogP contribution < -0.4 is 10.6 Å². The zero-order chi connectivity index (χ0) is 19.3. The Morgan fingerprint density at radius 2 is 1.73 bits per heavy atom. The van der Waals surface area contributed by atoms with E-state index in [1.165, 1.54) is 6.42 Å². The molecular formula is C22H34N2O2. The number of hydrogen-bond acceptors (Lipinski definition) is 2. The second kappa shape index (κ2) is 9.20. The number of aryl methyl sites for hydroxylation is 2. The third-order valence-electron chi connectivity index (χ3n) is 5.73. The third kappa shape index (κ3) is 5.33. The first kappa shape index (κ1) is 20.5. The predicted octanol–water partition coefficient (Wildman–Crippen LogP) is 4.60. The molecule has 2 N–H and O–H groups in total. The lowest BCUT2D eigenvalue weighted by Crippen LogP contribution is -2.50. The van der Waals surface area contributed by atoms with Crippen molar-refractivity contribution in [1.82, 2.24) is 5.32 Å². The van der Waals surface area contributed by atoms with Gasteiger partial charge in [-0.1, -0.05) is 46.1 Å². The van der Waals surface area contributed by atoms with E-state index in [-0.39, 0.29) is 23.7 Å². The summed E-state index contributed by atoms with van der Waals surface area (Å²) in [5.41, 5.74) is 3.02. The fraction of sp³-hybridized carbons (Fsp3) is 0.636. The van der Waals surface area contributed by atoms with E-state index >= 15 is 0 Å². The van der Waals surface area contributed by atoms with E-state index in [2.05, 4.69) is 30.5 Å². The Morgan fingerprint density at radius 3 is 2.31 bits per heavy atom. The van der Waals surface area contributed by atoms with Crippen LogP contribution in [-0.2, 0) is 9.59 Å². The lowest BCUT2D eigenvalue weighted by Gasteiger charge is -2.31. The SMILES string of the molecule is CC[C@H](C)[C@H](NC(=O)[C@H]1CCCC[C@@H]1C)C(=O)Nc1cc(C)cc(C)c1. The molecule has 1 fully saturated rings. The summed E-state index contributed by atoms with van der Waals surface area (Å²) in [7, 11) is 0. The van der Waals surface area contributed by atoms with Gasteiger partial charge < -0.3 is 10.6 Å². The third-order valence-corrected chi connectivity index (χ3v) is 5.73. The summed E-state index contributed by atoms with van der Waals surface area (Å²) in [5.74, 6) is 0.427. The first-order valence-electron chi connectivity index (χ1n) is 10.0. The van der Waals surface area contributed by atoms with Gasteiger partial charge in [-0.05, 0) is 61.8 Å². The normalized spacial score (nSPS) is 22.3. The maximum absolute atomic E-state index is 12.9. The first-order chi connectivity index (χ1) is 12.3. The highest BCUT2D eigenvalue weighted by Gasteiger charge is 2.32. The van der Waals surface area contributed by atoms with Crippen LogP contribution in [0.4, 0.5) is 5.69 Å². The van der Waals surface area contributed by atoms with Crippen molar-refractivity contribution in [1.29, 1.82) is 0 Å². The molecule has 2 rings (SSSR count). The van der Waals surface area contributed by atoms with E-state index in [9.17, 15) is 9.59 Å². The zero-order valence-corrected chi connectivity index (χ0v) is 16.9. The van der Waals surface area contributed by atoms with Crippen molar-refractivity contribution in [2.45, 2.75) is 72.8 Å². The minimum Gasteiger partial charge on any atom is -0.344 e. The average molecular weight is 359 g/mol. The van der Waals surface area contributed by atoms with Gasteiger partial charge in [0.1, 0.15) is 6.04 Å². The minimum absolute atomic E-state index is 0.0318. The second-order valence-electron chi connectivity index (χ2n) is 8.11. The van der Waals surface area contributed by atoms with Gasteiger partial charge in [0.15, 0.2) is 0 Å². The van der Waals surface area contributed by atoms with Crippen molar-refractivity contribution in [3.63, 3.8) is 0 Å². The highest BCUT2D eigenvalue weighted by Crippen LogP contribution is 2.30. The Kier molecular flexibility index (Phi) is 7.24. The maximum Gasteiger partial charge on any atom is 0.247 e. The number of amides is 2. The highest BCUT2D eigenvalue weighted by molar-refractivity contribution is 5.97. The Morgan fingerprint density at radius 1 is 1.12 bits per heavy atom. The summed E-state index contributed by atoms with van der Waals surface area (Å²) in [4.78, 5) is 25.7. The lowest BCUT2D eigenvalue weighted by molar-refractivity contribution is -0.132. The fourth-order valence-corrected chi connectivity index (χ4v) is 3.93. The van der Waals surface area contributed by atoms with Crippen LogP contribution in [0.1, 0.15) is 64.0 Å². The molecule has 1 saturated carbocycles. The molecule has 0 aromatic heterocycles. The Bertz CT molecular complexity index is 621. The van der Waals surface area contributed by atoms with Crippen LogP contribution in [0.3, 0.4) is 0 Å². The van der Waals surface area contributed by atoms with Crippen LogP contribution in [0.25, 0.3) is 0 Å². The summed E-state index contributed by atoms with van der Waals surface area (Å²) in [6, 6.07) is 5.50. The van der Waals surface area contributed by atoms with Crippen LogP contribution >= 0.6 is 0 Å². The van der Waals surface area contributed by atoms with Gasteiger partial charge in [0.05, 0.1) is 0 Å². The molecule has 0 spiro atoms. The van der Waals surface area contributed by atoms with E-state index in [4.69, 9.17) is 0 Å². The molecule has 1 aromatic carbocycles. The van der Waals surface area contributed by atoms with Crippen LogP contribution in [0.15, 0.2) is 18.2 Å². The smallest absolute Gasteiger partial charge is 0.247 e. The molecule has 0 saturated heterocycles. The number of carbonyl (C=O) groups is 2. The van der Waals surface area contributed by atoms with Gasteiger partial charge in [-0.15, -0.1) is 0 Å². The van der Waals surface area contributed by atoms with Gasteiger partial charge in [0, 0.05) is 11.6 Å².